The number of hydrogen-bond acceptors (Lipinski definition) is 5. The Morgan fingerprint density at radius 2 is 1.66 bits per heavy atom. The average molecular weight is 631 g/mol. The summed E-state index contributed by atoms with van der Waals surface area (Å²) < 4.78 is 5.80. The maximum Gasteiger partial charge on any atom is 0.287 e. The molecule has 2 saturated heterocycles. The van der Waals surface area contributed by atoms with Gasteiger partial charge in [0.2, 0.25) is 5.91 Å². The third kappa shape index (κ3) is 7.01. The summed E-state index contributed by atoms with van der Waals surface area (Å²) >= 11 is 12.2. The van der Waals surface area contributed by atoms with Crippen molar-refractivity contribution in [2.45, 2.75) is 44.7 Å². The molecule has 3 heterocycles. The molecule has 0 unspecified atom stereocenters. The first-order valence-electron chi connectivity index (χ1n) is 14.9. The Labute approximate surface area is 266 Å². The summed E-state index contributed by atoms with van der Waals surface area (Å²) in [6.07, 6.45) is 5.93. The van der Waals surface area contributed by atoms with Crippen LogP contribution in [0.25, 0.3) is 11.0 Å². The molecule has 1 N–H and O–H groups in total. The maximum absolute atomic E-state index is 13.4. The van der Waals surface area contributed by atoms with Crippen molar-refractivity contribution in [1.29, 1.82) is 0 Å². The van der Waals surface area contributed by atoms with Crippen LogP contribution in [0.1, 0.15) is 47.4 Å². The van der Waals surface area contributed by atoms with Crippen molar-refractivity contribution < 1.29 is 14.0 Å². The van der Waals surface area contributed by atoms with E-state index in [0.717, 1.165) is 44.5 Å². The minimum Gasteiger partial charge on any atom is -0.451 e. The summed E-state index contributed by atoms with van der Waals surface area (Å²) in [5, 5.41) is 4.48. The molecule has 7 nitrogen and oxygen atoms in total. The third-order valence-corrected chi connectivity index (χ3v) is 8.79. The Kier molecular flexibility index (Phi) is 9.05. The molecule has 2 aliphatic rings. The second-order valence-corrected chi connectivity index (χ2v) is 12.3. The summed E-state index contributed by atoms with van der Waals surface area (Å²) in [6.45, 7) is 3.13. The van der Waals surface area contributed by atoms with Crippen LogP contribution in [-0.4, -0.2) is 42.4 Å². The Morgan fingerprint density at radius 3 is 2.41 bits per heavy atom. The number of para-hydroxylation sites is 1. The van der Waals surface area contributed by atoms with E-state index in [4.69, 9.17) is 27.6 Å². The third-order valence-electron chi connectivity index (χ3n) is 8.31. The van der Waals surface area contributed by atoms with E-state index in [1.807, 2.05) is 41.3 Å². The van der Waals surface area contributed by atoms with Crippen molar-refractivity contribution in [3.63, 3.8) is 0 Å². The molecule has 44 heavy (non-hydrogen) atoms. The summed E-state index contributed by atoms with van der Waals surface area (Å²) in [5.74, 6) is -0.283. The Hall–Kier alpha value is -4.07. The van der Waals surface area contributed by atoms with Gasteiger partial charge >= 0.3 is 0 Å². The van der Waals surface area contributed by atoms with Gasteiger partial charge in [0, 0.05) is 54.4 Å². The molecule has 0 saturated carbocycles. The molecule has 0 radical (unpaired) electrons. The smallest absolute Gasteiger partial charge is 0.287 e. The fourth-order valence-corrected chi connectivity index (χ4v) is 6.32. The number of likely N-dealkylation sites (tertiary alicyclic amines) is 1. The van der Waals surface area contributed by atoms with Crippen LogP contribution in [0, 0.1) is 0 Å². The van der Waals surface area contributed by atoms with Crippen molar-refractivity contribution >= 4 is 51.7 Å². The largest absolute Gasteiger partial charge is 0.451 e. The normalized spacial score (nSPS) is 16.0. The van der Waals surface area contributed by atoms with Gasteiger partial charge in [0.05, 0.1) is 11.4 Å². The SMILES string of the molecule is O=C(N[C@H](C=C1CCN(c2ccccc2CN2CCCC2=O)CC1)Cc1ccc(Cl)cc1)c1cc(=O)c2cc(Cl)ccc2o1. The van der Waals surface area contributed by atoms with Gasteiger partial charge in [-0.15, -0.1) is 0 Å². The van der Waals surface area contributed by atoms with E-state index < -0.39 is 5.91 Å². The molecule has 4 aromatic rings. The van der Waals surface area contributed by atoms with Gasteiger partial charge in [-0.25, -0.2) is 0 Å². The monoisotopic (exact) mass is 629 g/mol. The lowest BCUT2D eigenvalue weighted by molar-refractivity contribution is -0.128. The number of benzene rings is 3. The second-order valence-electron chi connectivity index (χ2n) is 11.4. The predicted octanol–water partition coefficient (Wildman–Crippen LogP) is 6.79. The van der Waals surface area contributed by atoms with Crippen molar-refractivity contribution in [2.75, 3.05) is 24.5 Å². The molecule has 1 atom stereocenters. The fourth-order valence-electron chi connectivity index (χ4n) is 6.02. The standard InChI is InChI=1S/C35H33Cl2N3O4/c36-26-9-7-23(8-10-26)18-28(38-35(43)33-21-31(41)29-20-27(37)11-12-32(29)44-33)19-24-13-16-39(17-14-24)30-5-2-1-4-25(30)22-40-15-3-6-34(40)42/h1-2,4-5,7-12,19-21,28H,3,6,13-18,22H2,(H,38,43)/t28-/m0/s1. The zero-order valence-electron chi connectivity index (χ0n) is 24.2. The van der Waals surface area contributed by atoms with Crippen molar-refractivity contribution in [3.05, 3.63) is 122 Å². The van der Waals surface area contributed by atoms with Gasteiger partial charge in [0.25, 0.3) is 5.91 Å². The lowest BCUT2D eigenvalue weighted by atomic mass is 9.97. The fraction of sp³-hybridized carbons (Fsp3) is 0.286. The molecule has 2 aliphatic heterocycles. The molecule has 9 heteroatoms. The zero-order valence-corrected chi connectivity index (χ0v) is 25.7. The van der Waals surface area contributed by atoms with Crippen LogP contribution >= 0.6 is 23.2 Å². The highest BCUT2D eigenvalue weighted by atomic mass is 35.5. The highest BCUT2D eigenvalue weighted by Gasteiger charge is 2.24. The summed E-state index contributed by atoms with van der Waals surface area (Å²) in [6, 6.07) is 21.5. The summed E-state index contributed by atoms with van der Waals surface area (Å²) in [7, 11) is 0. The van der Waals surface area contributed by atoms with E-state index in [9.17, 15) is 14.4 Å². The Bertz CT molecular complexity index is 1770. The van der Waals surface area contributed by atoms with Gasteiger partial charge in [0.1, 0.15) is 5.58 Å². The number of amides is 2. The number of carbonyl (C=O) groups excluding carboxylic acids is 2. The minimum absolute atomic E-state index is 0.0489. The number of anilines is 1. The van der Waals surface area contributed by atoms with Crippen LogP contribution in [-0.2, 0) is 17.8 Å². The minimum atomic E-state index is -0.461. The van der Waals surface area contributed by atoms with Crippen molar-refractivity contribution in [3.8, 4) is 0 Å². The van der Waals surface area contributed by atoms with Crippen LogP contribution in [0.4, 0.5) is 5.69 Å². The molecule has 2 fully saturated rings. The summed E-state index contributed by atoms with van der Waals surface area (Å²) in [5.41, 5.74) is 4.60. The first-order chi connectivity index (χ1) is 21.3. The molecule has 6 rings (SSSR count). The van der Waals surface area contributed by atoms with Gasteiger partial charge in [-0.05, 0) is 73.2 Å². The molecule has 0 spiro atoms. The molecule has 1 aromatic heterocycles. The van der Waals surface area contributed by atoms with Gasteiger partial charge in [-0.3, -0.25) is 14.4 Å². The number of piperidine rings is 1. The number of halogens is 2. The highest BCUT2D eigenvalue weighted by Crippen LogP contribution is 2.29. The van der Waals surface area contributed by atoms with Crippen molar-refractivity contribution in [2.24, 2.45) is 0 Å². The average Bonchev–Trinajstić information content (AvgIpc) is 3.43. The van der Waals surface area contributed by atoms with E-state index in [-0.39, 0.29) is 23.1 Å². The first-order valence-corrected chi connectivity index (χ1v) is 15.7. The molecule has 3 aromatic carbocycles. The highest BCUT2D eigenvalue weighted by molar-refractivity contribution is 6.31. The molecule has 2 amide bonds. The molecular weight excluding hydrogens is 597 g/mol. The quantitative estimate of drug-likeness (QED) is 0.217. The van der Waals surface area contributed by atoms with Crippen LogP contribution in [0.5, 0.6) is 0 Å². The van der Waals surface area contributed by atoms with E-state index in [0.29, 0.717) is 40.4 Å². The molecule has 226 valence electrons. The molecular formula is C35H33Cl2N3O4. The van der Waals surface area contributed by atoms with Gasteiger partial charge in [0.15, 0.2) is 11.2 Å². The van der Waals surface area contributed by atoms with Crippen LogP contribution in [0.2, 0.25) is 10.0 Å². The van der Waals surface area contributed by atoms with E-state index in [1.165, 1.54) is 29.0 Å². The lowest BCUT2D eigenvalue weighted by Crippen LogP contribution is -2.37. The van der Waals surface area contributed by atoms with E-state index in [1.54, 1.807) is 12.1 Å². The summed E-state index contributed by atoms with van der Waals surface area (Å²) in [4.78, 5) is 42.7. The number of fused-ring (bicyclic) bond motifs is 1. The second kappa shape index (κ2) is 13.3. The molecule has 0 aliphatic carbocycles. The van der Waals surface area contributed by atoms with Crippen LogP contribution in [0.3, 0.4) is 0 Å². The number of hydrogen-bond donors (Lipinski definition) is 1. The van der Waals surface area contributed by atoms with E-state index >= 15 is 0 Å². The maximum atomic E-state index is 13.4. The van der Waals surface area contributed by atoms with Gasteiger partial charge in [-0.1, -0.05) is 65.2 Å². The van der Waals surface area contributed by atoms with Crippen LogP contribution in [0.15, 0.2) is 93.7 Å². The Morgan fingerprint density at radius 1 is 0.909 bits per heavy atom. The number of rotatable bonds is 8. The van der Waals surface area contributed by atoms with Gasteiger partial charge < -0.3 is 19.5 Å². The first kappa shape index (κ1) is 30.0. The molecule has 0 bridgehead atoms. The van der Waals surface area contributed by atoms with E-state index in [2.05, 4.69) is 28.4 Å². The zero-order chi connectivity index (χ0) is 30.6. The van der Waals surface area contributed by atoms with Crippen LogP contribution < -0.4 is 15.6 Å². The van der Waals surface area contributed by atoms with Crippen molar-refractivity contribution in [1.82, 2.24) is 10.2 Å². The van der Waals surface area contributed by atoms with Gasteiger partial charge in [-0.2, -0.15) is 0 Å². The number of nitrogens with zero attached hydrogens (tertiary/aromatic N) is 2. The number of carbonyl (C=O) groups is 2. The Balaban J connectivity index is 1.19. The lowest BCUT2D eigenvalue weighted by Gasteiger charge is -2.33. The predicted molar refractivity (Wildman–Crippen MR) is 175 cm³/mol. The topological polar surface area (TPSA) is 82.9 Å². The number of nitrogens with one attached hydrogen (secondary N) is 1.